The Kier molecular flexibility index (Phi) is 5.10. The fourth-order valence-corrected chi connectivity index (χ4v) is 2.62. The van der Waals surface area contributed by atoms with Crippen molar-refractivity contribution in [3.63, 3.8) is 0 Å². The smallest absolute Gasteiger partial charge is 0.370 e. The second-order valence-corrected chi connectivity index (χ2v) is 5.62. The zero-order valence-electron chi connectivity index (χ0n) is 12.0. The van der Waals surface area contributed by atoms with Crippen molar-refractivity contribution in [2.45, 2.75) is 25.9 Å². The van der Waals surface area contributed by atoms with E-state index in [1.165, 1.54) is 0 Å². The monoisotopic (exact) mass is 336 g/mol. The fraction of sp³-hybridized carbons (Fsp3) is 0.615. The third-order valence-electron chi connectivity index (χ3n) is 3.52. The van der Waals surface area contributed by atoms with E-state index in [2.05, 4.69) is 15.3 Å². The molecule has 1 aromatic rings. The number of nitrogens with zero attached hydrogens (tertiary/aromatic N) is 3. The average molecular weight is 337 g/mol. The van der Waals surface area contributed by atoms with E-state index in [4.69, 9.17) is 11.6 Å². The first-order valence-electron chi connectivity index (χ1n) is 6.87. The highest BCUT2D eigenvalue weighted by Crippen LogP contribution is 2.24. The lowest BCUT2D eigenvalue weighted by Gasteiger charge is -2.32. The molecule has 0 aromatic carbocycles. The van der Waals surface area contributed by atoms with Crippen LogP contribution in [0.15, 0.2) is 6.07 Å². The number of piperidine rings is 1. The van der Waals surface area contributed by atoms with Gasteiger partial charge in [0, 0.05) is 25.7 Å². The van der Waals surface area contributed by atoms with Crippen molar-refractivity contribution in [2.75, 3.05) is 25.0 Å². The predicted molar refractivity (Wildman–Crippen MR) is 75.6 cm³/mol. The Morgan fingerprint density at radius 2 is 2.05 bits per heavy atom. The third-order valence-corrected chi connectivity index (χ3v) is 3.72. The number of aromatic nitrogens is 2. The Morgan fingerprint density at radius 3 is 2.59 bits per heavy atom. The molecule has 0 spiro atoms. The molecule has 0 bridgehead atoms. The van der Waals surface area contributed by atoms with Crippen molar-refractivity contribution in [1.82, 2.24) is 14.9 Å². The first kappa shape index (κ1) is 16.8. The first-order valence-corrected chi connectivity index (χ1v) is 7.24. The van der Waals surface area contributed by atoms with Gasteiger partial charge < -0.3 is 10.2 Å². The maximum atomic E-state index is 12.3. The molecule has 0 unspecified atom stereocenters. The van der Waals surface area contributed by atoms with Crippen LogP contribution in [-0.4, -0.2) is 46.6 Å². The molecule has 2 heterocycles. The van der Waals surface area contributed by atoms with Gasteiger partial charge in [0.2, 0.25) is 0 Å². The van der Waals surface area contributed by atoms with Gasteiger partial charge in [-0.15, -0.1) is 0 Å². The zero-order chi connectivity index (χ0) is 16.3. The summed E-state index contributed by atoms with van der Waals surface area (Å²) in [6.45, 7) is 2.53. The highest BCUT2D eigenvalue weighted by atomic mass is 35.5. The minimum absolute atomic E-state index is 0.119. The van der Waals surface area contributed by atoms with Crippen molar-refractivity contribution in [3.8, 4) is 0 Å². The molecule has 0 saturated carbocycles. The lowest BCUT2D eigenvalue weighted by atomic mass is 9.96. The Morgan fingerprint density at radius 1 is 1.41 bits per heavy atom. The van der Waals surface area contributed by atoms with Gasteiger partial charge in [-0.05, 0) is 25.7 Å². The highest BCUT2D eigenvalue weighted by molar-refractivity contribution is 6.29. The number of aryl methyl sites for hydroxylation is 1. The van der Waals surface area contributed by atoms with Crippen LogP contribution in [0.5, 0.6) is 0 Å². The molecule has 1 aliphatic heterocycles. The zero-order valence-corrected chi connectivity index (χ0v) is 12.7. The van der Waals surface area contributed by atoms with E-state index in [1.807, 2.05) is 0 Å². The summed E-state index contributed by atoms with van der Waals surface area (Å²) in [5.74, 6) is -0.435. The Labute approximate surface area is 130 Å². The van der Waals surface area contributed by atoms with Crippen molar-refractivity contribution in [2.24, 2.45) is 5.92 Å². The van der Waals surface area contributed by atoms with Crippen molar-refractivity contribution in [3.05, 3.63) is 17.0 Å². The van der Waals surface area contributed by atoms with Crippen LogP contribution in [0.4, 0.5) is 19.0 Å². The standard InChI is InChI=1S/C13H16ClF3N4O/c1-8-19-10(14)6-11(20-8)18-7-9-2-4-21(5-3-9)12(22)13(15,16)17/h6,9H,2-5,7H2,1H3,(H,18,19,20). The summed E-state index contributed by atoms with van der Waals surface area (Å²) in [5.41, 5.74) is 0. The molecule has 9 heteroatoms. The number of alkyl halides is 3. The molecule has 2 rings (SSSR count). The van der Waals surface area contributed by atoms with Gasteiger partial charge in [-0.25, -0.2) is 9.97 Å². The number of anilines is 1. The molecule has 1 aliphatic rings. The summed E-state index contributed by atoms with van der Waals surface area (Å²) in [4.78, 5) is 20.1. The first-order chi connectivity index (χ1) is 10.3. The summed E-state index contributed by atoms with van der Waals surface area (Å²) >= 11 is 5.83. The van der Waals surface area contributed by atoms with Crippen molar-refractivity contribution < 1.29 is 18.0 Å². The summed E-state index contributed by atoms with van der Waals surface area (Å²) in [6.07, 6.45) is -3.75. The number of nitrogens with one attached hydrogen (secondary N) is 1. The minimum atomic E-state index is -4.79. The maximum Gasteiger partial charge on any atom is 0.471 e. The van der Waals surface area contributed by atoms with E-state index in [-0.39, 0.29) is 19.0 Å². The number of rotatable bonds is 3. The molecule has 0 atom stereocenters. The molecule has 122 valence electrons. The van der Waals surface area contributed by atoms with E-state index >= 15 is 0 Å². The van der Waals surface area contributed by atoms with Crippen LogP contribution in [0.3, 0.4) is 0 Å². The van der Waals surface area contributed by atoms with Crippen LogP contribution in [-0.2, 0) is 4.79 Å². The topological polar surface area (TPSA) is 58.1 Å². The third kappa shape index (κ3) is 4.46. The van der Waals surface area contributed by atoms with E-state index in [9.17, 15) is 18.0 Å². The largest absolute Gasteiger partial charge is 0.471 e. The second-order valence-electron chi connectivity index (χ2n) is 5.24. The number of halogens is 4. The SMILES string of the molecule is Cc1nc(Cl)cc(NCC2CCN(C(=O)C(F)(F)F)CC2)n1. The molecule has 0 aliphatic carbocycles. The fourth-order valence-electron chi connectivity index (χ4n) is 2.39. The van der Waals surface area contributed by atoms with Gasteiger partial charge in [0.15, 0.2) is 0 Å². The second kappa shape index (κ2) is 6.68. The Hall–Kier alpha value is -1.57. The van der Waals surface area contributed by atoms with E-state index in [0.29, 0.717) is 36.2 Å². The van der Waals surface area contributed by atoms with Crippen molar-refractivity contribution in [1.29, 1.82) is 0 Å². The Balaban J connectivity index is 1.81. The highest BCUT2D eigenvalue weighted by Gasteiger charge is 2.43. The summed E-state index contributed by atoms with van der Waals surface area (Å²) in [7, 11) is 0. The Bertz CT molecular complexity index is 524. The van der Waals surface area contributed by atoms with Gasteiger partial charge in [-0.3, -0.25) is 4.79 Å². The molecule has 1 fully saturated rings. The van der Waals surface area contributed by atoms with Gasteiger partial charge in [0.25, 0.3) is 0 Å². The number of hydrogen-bond donors (Lipinski definition) is 1. The number of carbonyl (C=O) groups excluding carboxylic acids is 1. The maximum absolute atomic E-state index is 12.3. The van der Waals surface area contributed by atoms with Crippen LogP contribution in [0, 0.1) is 12.8 Å². The van der Waals surface area contributed by atoms with E-state index in [0.717, 1.165) is 4.90 Å². The predicted octanol–water partition coefficient (Wildman–Crippen LogP) is 2.65. The quantitative estimate of drug-likeness (QED) is 0.862. The molecule has 0 radical (unpaired) electrons. The number of amides is 1. The van der Waals surface area contributed by atoms with Gasteiger partial charge >= 0.3 is 12.1 Å². The number of hydrogen-bond acceptors (Lipinski definition) is 4. The van der Waals surface area contributed by atoms with Crippen LogP contribution < -0.4 is 5.32 Å². The molecule has 1 aromatic heterocycles. The van der Waals surface area contributed by atoms with Crippen LogP contribution in [0.1, 0.15) is 18.7 Å². The normalized spacial score (nSPS) is 16.7. The van der Waals surface area contributed by atoms with E-state index in [1.54, 1.807) is 13.0 Å². The average Bonchev–Trinajstić information content (AvgIpc) is 2.43. The molecule has 22 heavy (non-hydrogen) atoms. The van der Waals surface area contributed by atoms with Crippen molar-refractivity contribution >= 4 is 23.3 Å². The molecule has 1 saturated heterocycles. The molecular weight excluding hydrogens is 321 g/mol. The molecule has 1 N–H and O–H groups in total. The number of likely N-dealkylation sites (tertiary alicyclic amines) is 1. The molecular formula is C13H16ClF3N4O. The van der Waals surface area contributed by atoms with Crippen LogP contribution >= 0.6 is 11.6 Å². The number of carbonyl (C=O) groups is 1. The molecule has 1 amide bonds. The molecule has 5 nitrogen and oxygen atoms in total. The minimum Gasteiger partial charge on any atom is -0.370 e. The lowest BCUT2D eigenvalue weighted by molar-refractivity contribution is -0.186. The summed E-state index contributed by atoms with van der Waals surface area (Å²) in [5, 5.41) is 3.44. The summed E-state index contributed by atoms with van der Waals surface area (Å²) < 4.78 is 37.0. The van der Waals surface area contributed by atoms with Gasteiger partial charge in [-0.1, -0.05) is 11.6 Å². The van der Waals surface area contributed by atoms with Crippen LogP contribution in [0.25, 0.3) is 0 Å². The van der Waals surface area contributed by atoms with Gasteiger partial charge in [0.1, 0.15) is 16.8 Å². The van der Waals surface area contributed by atoms with Gasteiger partial charge in [-0.2, -0.15) is 13.2 Å². The van der Waals surface area contributed by atoms with Crippen LogP contribution in [0.2, 0.25) is 5.15 Å². The van der Waals surface area contributed by atoms with Gasteiger partial charge in [0.05, 0.1) is 0 Å². The summed E-state index contributed by atoms with van der Waals surface area (Å²) in [6, 6.07) is 1.59. The lowest BCUT2D eigenvalue weighted by Crippen LogP contribution is -2.46. The van der Waals surface area contributed by atoms with E-state index < -0.39 is 12.1 Å².